The van der Waals surface area contributed by atoms with Gasteiger partial charge in [-0.25, -0.2) is 12.8 Å². The molecule has 1 aromatic carbocycles. The number of aryl methyl sites for hydroxylation is 1. The van der Waals surface area contributed by atoms with E-state index in [1.165, 1.54) is 23.0 Å². The van der Waals surface area contributed by atoms with Crippen molar-refractivity contribution in [3.8, 4) is 0 Å². The van der Waals surface area contributed by atoms with E-state index in [4.69, 9.17) is 17.3 Å². The van der Waals surface area contributed by atoms with E-state index < -0.39 is 15.8 Å². The van der Waals surface area contributed by atoms with Crippen LogP contribution >= 0.6 is 11.6 Å². The van der Waals surface area contributed by atoms with Crippen molar-refractivity contribution >= 4 is 33.1 Å². The van der Waals surface area contributed by atoms with Crippen LogP contribution < -0.4 is 10.5 Å². The minimum absolute atomic E-state index is 0.0463. The number of benzene rings is 1. The predicted molar refractivity (Wildman–Crippen MR) is 74.5 cm³/mol. The molecule has 0 aliphatic rings. The number of nitrogens with two attached hydrogens (primary N) is 1. The number of anilines is 2. The zero-order valence-corrected chi connectivity index (χ0v) is 12.0. The quantitative estimate of drug-likeness (QED) is 0.903. The summed E-state index contributed by atoms with van der Waals surface area (Å²) in [5, 5.41) is 3.78. The van der Waals surface area contributed by atoms with Gasteiger partial charge in [-0.15, -0.1) is 0 Å². The van der Waals surface area contributed by atoms with Crippen molar-refractivity contribution in [2.45, 2.75) is 18.4 Å². The molecule has 0 radical (unpaired) electrons. The summed E-state index contributed by atoms with van der Waals surface area (Å²) in [6.45, 7) is 2.24. The van der Waals surface area contributed by atoms with Gasteiger partial charge in [0.25, 0.3) is 10.0 Å². The molecule has 1 aromatic heterocycles. The van der Waals surface area contributed by atoms with Gasteiger partial charge in [-0.3, -0.25) is 9.40 Å². The number of nitrogen functional groups attached to an aromatic ring is 1. The lowest BCUT2D eigenvalue weighted by atomic mass is 10.3. The normalized spacial score (nSPS) is 11.6. The molecule has 3 N–H and O–H groups in total. The van der Waals surface area contributed by atoms with Crippen molar-refractivity contribution in [3.05, 3.63) is 35.2 Å². The topological polar surface area (TPSA) is 90.0 Å². The van der Waals surface area contributed by atoms with Crippen molar-refractivity contribution in [2.75, 3.05) is 10.5 Å². The summed E-state index contributed by atoms with van der Waals surface area (Å²) in [5.74, 6) is -0.936. The molecule has 0 aliphatic heterocycles. The lowest BCUT2D eigenvalue weighted by Crippen LogP contribution is -2.15. The molecule has 20 heavy (non-hydrogen) atoms. The van der Waals surface area contributed by atoms with E-state index in [2.05, 4.69) is 9.82 Å². The van der Waals surface area contributed by atoms with Gasteiger partial charge >= 0.3 is 0 Å². The van der Waals surface area contributed by atoms with Gasteiger partial charge in [0, 0.05) is 12.7 Å². The molecular formula is C11H12ClFN4O2S. The van der Waals surface area contributed by atoms with Gasteiger partial charge in [0.2, 0.25) is 0 Å². The fraction of sp³-hybridized carbons (Fsp3) is 0.182. The van der Waals surface area contributed by atoms with Crippen LogP contribution in [0.4, 0.5) is 15.9 Å². The van der Waals surface area contributed by atoms with Gasteiger partial charge in [-0.05, 0) is 19.1 Å². The Morgan fingerprint density at radius 3 is 2.75 bits per heavy atom. The molecule has 0 saturated heterocycles. The van der Waals surface area contributed by atoms with E-state index in [0.717, 1.165) is 6.07 Å². The maximum Gasteiger partial charge on any atom is 0.267 e. The number of nitrogens with one attached hydrogen (secondary N) is 1. The Balaban J connectivity index is 2.43. The lowest BCUT2D eigenvalue weighted by molar-refractivity contribution is 0.598. The molecule has 6 nitrogen and oxygen atoms in total. The zero-order chi connectivity index (χ0) is 14.9. The first-order valence-corrected chi connectivity index (χ1v) is 7.51. The van der Waals surface area contributed by atoms with Crippen molar-refractivity contribution in [1.82, 2.24) is 9.78 Å². The Morgan fingerprint density at radius 1 is 1.50 bits per heavy atom. The zero-order valence-electron chi connectivity index (χ0n) is 10.5. The number of aromatic nitrogens is 2. The molecule has 0 atom stereocenters. The number of sulfonamides is 1. The van der Waals surface area contributed by atoms with Gasteiger partial charge in [0.1, 0.15) is 16.4 Å². The Kier molecular flexibility index (Phi) is 3.87. The highest BCUT2D eigenvalue weighted by atomic mass is 35.5. The van der Waals surface area contributed by atoms with Crippen LogP contribution in [-0.2, 0) is 16.6 Å². The van der Waals surface area contributed by atoms with E-state index in [1.807, 2.05) is 0 Å². The summed E-state index contributed by atoms with van der Waals surface area (Å²) in [7, 11) is -4.06. The third-order valence-corrected chi connectivity index (χ3v) is 4.25. The summed E-state index contributed by atoms with van der Waals surface area (Å²) < 4.78 is 41.4. The molecule has 108 valence electrons. The van der Waals surface area contributed by atoms with Gasteiger partial charge < -0.3 is 5.73 Å². The van der Waals surface area contributed by atoms with E-state index in [0.29, 0.717) is 6.54 Å². The van der Waals surface area contributed by atoms with Crippen molar-refractivity contribution in [3.63, 3.8) is 0 Å². The largest absolute Gasteiger partial charge is 0.381 e. The van der Waals surface area contributed by atoms with Crippen molar-refractivity contribution < 1.29 is 12.8 Å². The number of nitrogens with zero attached hydrogens (tertiary/aromatic N) is 2. The first-order chi connectivity index (χ1) is 9.35. The number of para-hydroxylation sites is 1. The first kappa shape index (κ1) is 14.6. The van der Waals surface area contributed by atoms with Gasteiger partial charge in [0.15, 0.2) is 5.82 Å². The summed E-state index contributed by atoms with van der Waals surface area (Å²) in [6.07, 6.45) is 1.27. The monoisotopic (exact) mass is 318 g/mol. The van der Waals surface area contributed by atoms with Crippen LogP contribution in [0.15, 0.2) is 29.3 Å². The Bertz CT molecular complexity index is 725. The second kappa shape index (κ2) is 5.29. The average molecular weight is 319 g/mol. The van der Waals surface area contributed by atoms with E-state index in [1.54, 1.807) is 6.92 Å². The third-order valence-electron chi connectivity index (χ3n) is 2.57. The smallest absolute Gasteiger partial charge is 0.267 e. The van der Waals surface area contributed by atoms with E-state index >= 15 is 0 Å². The second-order valence-electron chi connectivity index (χ2n) is 3.94. The number of rotatable bonds is 4. The molecule has 0 saturated carbocycles. The molecule has 0 aliphatic carbocycles. The second-order valence-corrected chi connectivity index (χ2v) is 5.99. The number of hydrogen-bond donors (Lipinski definition) is 2. The molecular weight excluding hydrogens is 307 g/mol. The minimum atomic E-state index is -4.06. The molecule has 2 aromatic rings. The van der Waals surface area contributed by atoms with Gasteiger partial charge in [-0.1, -0.05) is 17.7 Å². The highest BCUT2D eigenvalue weighted by Gasteiger charge is 2.23. The van der Waals surface area contributed by atoms with Gasteiger partial charge in [-0.2, -0.15) is 5.10 Å². The fourth-order valence-electron chi connectivity index (χ4n) is 1.57. The average Bonchev–Trinajstić information content (AvgIpc) is 2.76. The Hall–Kier alpha value is -1.80. The maximum absolute atomic E-state index is 13.6. The van der Waals surface area contributed by atoms with Crippen LogP contribution in [-0.4, -0.2) is 18.2 Å². The van der Waals surface area contributed by atoms with Crippen LogP contribution in [0.25, 0.3) is 0 Å². The Labute approximate surface area is 120 Å². The predicted octanol–water partition coefficient (Wildman–Crippen LogP) is 2.08. The molecule has 2 rings (SSSR count). The molecule has 0 spiro atoms. The van der Waals surface area contributed by atoms with Crippen LogP contribution in [0.2, 0.25) is 5.02 Å². The fourth-order valence-corrected chi connectivity index (χ4v) is 3.00. The summed E-state index contributed by atoms with van der Waals surface area (Å²) in [6, 6.07) is 3.85. The highest BCUT2D eigenvalue weighted by Crippen LogP contribution is 2.28. The standard InChI is InChI=1S/C11H12ClFN4O2S/c1-2-17-6-9(11(14)15-17)20(18,19)16-10-7(12)4-3-5-8(10)13/h3-6,16H,2H2,1H3,(H2,14,15). The van der Waals surface area contributed by atoms with Crippen molar-refractivity contribution in [2.24, 2.45) is 0 Å². The molecule has 0 unspecified atom stereocenters. The molecule has 0 fully saturated rings. The van der Waals surface area contributed by atoms with Crippen LogP contribution in [0, 0.1) is 5.82 Å². The summed E-state index contributed by atoms with van der Waals surface area (Å²) in [4.78, 5) is -0.223. The third kappa shape index (κ3) is 2.70. The van der Waals surface area contributed by atoms with Crippen molar-refractivity contribution in [1.29, 1.82) is 0 Å². The maximum atomic E-state index is 13.6. The van der Waals surface area contributed by atoms with E-state index in [-0.39, 0.29) is 21.4 Å². The minimum Gasteiger partial charge on any atom is -0.381 e. The molecule has 0 amide bonds. The summed E-state index contributed by atoms with van der Waals surface area (Å²) in [5.41, 5.74) is 5.23. The van der Waals surface area contributed by atoms with Crippen LogP contribution in [0.5, 0.6) is 0 Å². The lowest BCUT2D eigenvalue weighted by Gasteiger charge is -2.09. The van der Waals surface area contributed by atoms with Crippen LogP contribution in [0.1, 0.15) is 6.92 Å². The molecule has 0 bridgehead atoms. The van der Waals surface area contributed by atoms with Crippen LogP contribution in [0.3, 0.4) is 0 Å². The highest BCUT2D eigenvalue weighted by molar-refractivity contribution is 7.92. The first-order valence-electron chi connectivity index (χ1n) is 5.65. The van der Waals surface area contributed by atoms with Gasteiger partial charge in [0.05, 0.1) is 5.02 Å². The van der Waals surface area contributed by atoms with E-state index in [9.17, 15) is 12.8 Å². The molecule has 9 heteroatoms. The number of hydrogen-bond acceptors (Lipinski definition) is 4. The number of halogens is 2. The molecule has 1 heterocycles. The Morgan fingerprint density at radius 2 is 2.20 bits per heavy atom. The summed E-state index contributed by atoms with van der Waals surface area (Å²) >= 11 is 5.78. The SMILES string of the molecule is CCn1cc(S(=O)(=O)Nc2c(F)cccc2Cl)c(N)n1.